The van der Waals surface area contributed by atoms with Crippen LogP contribution in [0, 0.1) is 6.92 Å². The Morgan fingerprint density at radius 2 is 2.22 bits per heavy atom. The van der Waals surface area contributed by atoms with Crippen LogP contribution in [0.25, 0.3) is 0 Å². The van der Waals surface area contributed by atoms with Crippen molar-refractivity contribution < 1.29 is 9.53 Å². The first-order valence-corrected chi connectivity index (χ1v) is 6.00. The fourth-order valence-corrected chi connectivity index (χ4v) is 1.71. The average molecular weight is 247 g/mol. The van der Waals surface area contributed by atoms with Crippen LogP contribution in [0.3, 0.4) is 0 Å². The van der Waals surface area contributed by atoms with Crippen LogP contribution >= 0.6 is 0 Å². The van der Waals surface area contributed by atoms with Gasteiger partial charge in [0.15, 0.2) is 0 Å². The summed E-state index contributed by atoms with van der Waals surface area (Å²) in [5.74, 6) is 0.584. The van der Waals surface area contributed by atoms with Crippen molar-refractivity contribution in [2.75, 3.05) is 18.5 Å². The van der Waals surface area contributed by atoms with Gasteiger partial charge in [-0.05, 0) is 37.0 Å². The molecule has 96 valence electrons. The van der Waals surface area contributed by atoms with Gasteiger partial charge in [-0.25, -0.2) is 9.78 Å². The molecule has 1 fully saturated rings. The molecule has 2 amide bonds. The molecule has 5 heteroatoms. The van der Waals surface area contributed by atoms with E-state index in [-0.39, 0.29) is 6.03 Å². The number of ether oxygens (including phenoxy) is 1. The molecule has 0 saturated carbocycles. The van der Waals surface area contributed by atoms with Gasteiger partial charge in [-0.15, -0.1) is 0 Å². The van der Waals surface area contributed by atoms with E-state index < -0.39 is 0 Å². The number of nitrogens with one attached hydrogen (secondary N) is 2. The summed E-state index contributed by atoms with van der Waals surface area (Å²) >= 11 is 0. The highest BCUT2D eigenvalue weighted by Crippen LogP contribution is 2.12. The summed E-state index contributed by atoms with van der Waals surface area (Å²) in [5, 5.41) is 5.43. The molecule has 2 heterocycles. The molecule has 1 aromatic rings. The number of amides is 2. The number of pyridine rings is 1. The molecule has 2 rings (SSSR count). The zero-order chi connectivity index (χ0) is 12.8. The summed E-state index contributed by atoms with van der Waals surface area (Å²) < 4.78 is 5.24. The molecular formula is C13H17N3O2. The zero-order valence-electron chi connectivity index (χ0n) is 10.4. The van der Waals surface area contributed by atoms with Gasteiger partial charge < -0.3 is 10.1 Å². The van der Waals surface area contributed by atoms with Crippen LogP contribution in [0.5, 0.6) is 0 Å². The number of hydrogen-bond donors (Lipinski definition) is 2. The number of nitrogens with zero attached hydrogens (tertiary/aromatic N) is 1. The lowest BCUT2D eigenvalue weighted by molar-refractivity contribution is 0.119. The molecule has 0 unspecified atom stereocenters. The Bertz CT molecular complexity index is 449. The number of carbonyl (C=O) groups excluding carboxylic acids is 1. The van der Waals surface area contributed by atoms with E-state index in [2.05, 4.69) is 15.6 Å². The second-order valence-corrected chi connectivity index (χ2v) is 4.18. The molecule has 5 nitrogen and oxygen atoms in total. The number of aromatic nitrogens is 1. The van der Waals surface area contributed by atoms with Gasteiger partial charge in [-0.1, -0.05) is 6.07 Å². The van der Waals surface area contributed by atoms with Gasteiger partial charge in [0, 0.05) is 12.4 Å². The summed E-state index contributed by atoms with van der Waals surface area (Å²) in [6.45, 7) is 3.36. The second-order valence-electron chi connectivity index (χ2n) is 4.18. The lowest BCUT2D eigenvalue weighted by Gasteiger charge is -2.14. The minimum absolute atomic E-state index is 0.268. The summed E-state index contributed by atoms with van der Waals surface area (Å²) in [6.07, 6.45) is 5.17. The van der Waals surface area contributed by atoms with E-state index in [1.54, 1.807) is 12.4 Å². The van der Waals surface area contributed by atoms with E-state index in [4.69, 9.17) is 4.74 Å². The van der Waals surface area contributed by atoms with Crippen LogP contribution in [0.1, 0.15) is 18.4 Å². The Hall–Kier alpha value is -1.88. The maximum Gasteiger partial charge on any atom is 0.324 e. The standard InChI is InChI=1S/C13H17N3O2/c1-10-3-2-6-14-12(10)16-13(17)15-9-11-4-7-18-8-5-11/h2-3,6,9H,4-5,7-8H2,1H3,(H2,14,15,16,17). The Morgan fingerprint density at radius 3 is 2.94 bits per heavy atom. The summed E-state index contributed by atoms with van der Waals surface area (Å²) in [4.78, 5) is 15.8. The number of urea groups is 1. The first kappa shape index (κ1) is 12.6. The van der Waals surface area contributed by atoms with Crippen molar-refractivity contribution in [2.24, 2.45) is 0 Å². The molecule has 18 heavy (non-hydrogen) atoms. The van der Waals surface area contributed by atoms with E-state index in [9.17, 15) is 4.79 Å². The maximum atomic E-state index is 11.7. The highest BCUT2D eigenvalue weighted by molar-refractivity contribution is 5.89. The fraction of sp³-hybridized carbons (Fsp3) is 0.385. The van der Waals surface area contributed by atoms with Crippen LogP contribution < -0.4 is 10.6 Å². The fourth-order valence-electron chi connectivity index (χ4n) is 1.71. The first-order chi connectivity index (χ1) is 8.75. The molecule has 0 spiro atoms. The van der Waals surface area contributed by atoms with E-state index in [0.717, 1.165) is 31.6 Å². The molecule has 1 aromatic heterocycles. The molecule has 1 saturated heterocycles. The largest absolute Gasteiger partial charge is 0.381 e. The van der Waals surface area contributed by atoms with E-state index in [0.29, 0.717) is 5.82 Å². The smallest absolute Gasteiger partial charge is 0.324 e. The van der Waals surface area contributed by atoms with Crippen molar-refractivity contribution in [3.05, 3.63) is 35.7 Å². The molecule has 2 N–H and O–H groups in total. The lowest BCUT2D eigenvalue weighted by Crippen LogP contribution is -2.26. The SMILES string of the molecule is Cc1cccnc1NC(=O)NC=C1CCOCC1. The Labute approximate surface area is 106 Å². The molecule has 0 atom stereocenters. The predicted octanol–water partition coefficient (Wildman–Crippen LogP) is 2.21. The summed E-state index contributed by atoms with van der Waals surface area (Å²) in [6, 6.07) is 3.47. The molecule has 1 aliphatic rings. The van der Waals surface area contributed by atoms with Crippen molar-refractivity contribution in [1.82, 2.24) is 10.3 Å². The monoisotopic (exact) mass is 247 g/mol. The Kier molecular flexibility index (Phi) is 4.30. The minimum atomic E-state index is -0.268. The quantitative estimate of drug-likeness (QED) is 0.842. The maximum absolute atomic E-state index is 11.7. The summed E-state index contributed by atoms with van der Waals surface area (Å²) in [5.41, 5.74) is 2.14. The zero-order valence-corrected chi connectivity index (χ0v) is 10.4. The van der Waals surface area contributed by atoms with Crippen molar-refractivity contribution in [1.29, 1.82) is 0 Å². The average Bonchev–Trinajstić information content (AvgIpc) is 2.40. The van der Waals surface area contributed by atoms with Gasteiger partial charge >= 0.3 is 6.03 Å². The van der Waals surface area contributed by atoms with Gasteiger partial charge in [-0.3, -0.25) is 5.32 Å². The normalized spacial score (nSPS) is 15.1. The predicted molar refractivity (Wildman–Crippen MR) is 69.3 cm³/mol. The number of rotatable bonds is 2. The van der Waals surface area contributed by atoms with Gasteiger partial charge in [0.2, 0.25) is 0 Å². The third-order valence-electron chi connectivity index (χ3n) is 2.78. The van der Waals surface area contributed by atoms with Crippen molar-refractivity contribution in [2.45, 2.75) is 19.8 Å². The molecule has 1 aliphatic heterocycles. The Morgan fingerprint density at radius 1 is 1.44 bits per heavy atom. The number of carbonyl (C=O) groups is 1. The molecule has 0 aliphatic carbocycles. The Balaban J connectivity index is 1.87. The van der Waals surface area contributed by atoms with Crippen molar-refractivity contribution >= 4 is 11.8 Å². The van der Waals surface area contributed by atoms with Gasteiger partial charge in [0.25, 0.3) is 0 Å². The third-order valence-corrected chi connectivity index (χ3v) is 2.78. The molecule has 0 bridgehead atoms. The molecule has 0 aromatic carbocycles. The molecule has 0 radical (unpaired) electrons. The van der Waals surface area contributed by atoms with Gasteiger partial charge in [0.1, 0.15) is 5.82 Å². The minimum Gasteiger partial charge on any atom is -0.381 e. The summed E-state index contributed by atoms with van der Waals surface area (Å²) in [7, 11) is 0. The lowest BCUT2D eigenvalue weighted by atomic mass is 10.1. The first-order valence-electron chi connectivity index (χ1n) is 6.00. The second kappa shape index (κ2) is 6.16. The highest BCUT2D eigenvalue weighted by Gasteiger charge is 2.07. The van der Waals surface area contributed by atoms with E-state index in [1.807, 2.05) is 19.1 Å². The van der Waals surface area contributed by atoms with Gasteiger partial charge in [0.05, 0.1) is 13.2 Å². The van der Waals surface area contributed by atoms with Crippen LogP contribution in [0.4, 0.5) is 10.6 Å². The molecular weight excluding hydrogens is 230 g/mol. The topological polar surface area (TPSA) is 63.2 Å². The highest BCUT2D eigenvalue weighted by atomic mass is 16.5. The number of aryl methyl sites for hydroxylation is 1. The number of hydrogen-bond acceptors (Lipinski definition) is 3. The van der Waals surface area contributed by atoms with Gasteiger partial charge in [-0.2, -0.15) is 0 Å². The van der Waals surface area contributed by atoms with Crippen molar-refractivity contribution in [3.63, 3.8) is 0 Å². The van der Waals surface area contributed by atoms with Crippen LogP contribution in [-0.2, 0) is 4.74 Å². The van der Waals surface area contributed by atoms with Crippen molar-refractivity contribution in [3.8, 4) is 0 Å². The third kappa shape index (κ3) is 3.56. The van der Waals surface area contributed by atoms with Crippen LogP contribution in [-0.4, -0.2) is 24.2 Å². The number of anilines is 1. The van der Waals surface area contributed by atoms with E-state index >= 15 is 0 Å². The van der Waals surface area contributed by atoms with Crippen LogP contribution in [0.2, 0.25) is 0 Å². The van der Waals surface area contributed by atoms with Crippen LogP contribution in [0.15, 0.2) is 30.1 Å². The van der Waals surface area contributed by atoms with E-state index in [1.165, 1.54) is 5.57 Å².